The van der Waals surface area contributed by atoms with E-state index < -0.39 is 18.4 Å². The van der Waals surface area contributed by atoms with Gasteiger partial charge in [-0.05, 0) is 0 Å². The molecule has 0 aliphatic rings. The average Bonchev–Trinajstić information content (AvgIpc) is 3.04. The summed E-state index contributed by atoms with van der Waals surface area (Å²) in [5.74, 6) is 1.92. The predicted molar refractivity (Wildman–Crippen MR) is 190 cm³/mol. The van der Waals surface area contributed by atoms with Gasteiger partial charge in [0.2, 0.25) is 0 Å². The monoisotopic (exact) mass is 774 g/mol. The second-order valence-electron chi connectivity index (χ2n) is 9.40. The van der Waals surface area contributed by atoms with Crippen LogP contribution in [0.25, 0.3) is 0 Å². The van der Waals surface area contributed by atoms with E-state index in [1.807, 2.05) is 23.5 Å². The van der Waals surface area contributed by atoms with Crippen LogP contribution >= 0.6 is 46.1 Å². The van der Waals surface area contributed by atoms with Gasteiger partial charge < -0.3 is 0 Å². The van der Waals surface area contributed by atoms with Crippen molar-refractivity contribution in [2.24, 2.45) is 0 Å². The number of benzene rings is 5. The summed E-state index contributed by atoms with van der Waals surface area (Å²) >= 11 is 2.74. The molecule has 0 heterocycles. The molecular formula is C36H31IS2Sn. The van der Waals surface area contributed by atoms with Crippen molar-refractivity contribution in [3.05, 3.63) is 181 Å². The molecule has 0 amide bonds. The van der Waals surface area contributed by atoms with Crippen molar-refractivity contribution >= 4 is 75.2 Å². The maximum absolute atomic E-state index is 3.69. The molecule has 0 aromatic heterocycles. The van der Waals surface area contributed by atoms with Crippen LogP contribution in [-0.4, -0.2) is 18.4 Å². The van der Waals surface area contributed by atoms with Crippen molar-refractivity contribution < 1.29 is 0 Å². The number of halogens is 1. The summed E-state index contributed by atoms with van der Waals surface area (Å²) < 4.78 is 7.23. The van der Waals surface area contributed by atoms with Crippen LogP contribution in [0, 0.1) is 0 Å². The molecule has 0 fully saturated rings. The number of rotatable bonds is 11. The van der Waals surface area contributed by atoms with Crippen LogP contribution < -0.4 is 10.7 Å². The second kappa shape index (κ2) is 15.2. The summed E-state index contributed by atoms with van der Waals surface area (Å²) in [4.78, 5) is 0. The zero-order chi connectivity index (χ0) is 27.5. The van der Waals surface area contributed by atoms with E-state index in [4.69, 9.17) is 0 Å². The molecule has 0 bridgehead atoms. The third-order valence-electron chi connectivity index (χ3n) is 6.81. The first kappa shape index (κ1) is 29.3. The SMILES string of the molecule is I/C(=C\C=[C](\SCc1ccccc1)[Sn]([c]1ccccc1)([c]1ccccc1)[c]1ccccc1)SCc1ccccc1. The Balaban J connectivity index is 1.65. The van der Waals surface area contributed by atoms with Gasteiger partial charge in [-0.2, -0.15) is 0 Å². The van der Waals surface area contributed by atoms with Gasteiger partial charge in [0, 0.05) is 0 Å². The fourth-order valence-electron chi connectivity index (χ4n) is 4.92. The standard InChI is InChI=1S/C18H16IS2.3C6H5.Sn/c19-18(21-15-17-10-5-2-6-11-17)12-7-13-20-14-16-8-3-1-4-9-16;3*1-2-4-6-5-3-1;/h1-12H,14-15H2;3*1-5H;/b13-7?,18-12+;;;;. The van der Waals surface area contributed by atoms with E-state index in [1.165, 1.54) is 27.7 Å². The molecule has 0 atom stereocenters. The quantitative estimate of drug-likeness (QED) is 0.0749. The van der Waals surface area contributed by atoms with E-state index in [0.717, 1.165) is 11.5 Å². The van der Waals surface area contributed by atoms with Crippen molar-refractivity contribution in [1.82, 2.24) is 0 Å². The predicted octanol–water partition coefficient (Wildman–Crippen LogP) is 8.72. The van der Waals surface area contributed by atoms with Crippen LogP contribution in [0.3, 0.4) is 0 Å². The molecule has 0 N–H and O–H groups in total. The molecule has 0 saturated carbocycles. The summed E-state index contributed by atoms with van der Waals surface area (Å²) in [7, 11) is 0. The van der Waals surface area contributed by atoms with Gasteiger partial charge in [-0.3, -0.25) is 0 Å². The van der Waals surface area contributed by atoms with Crippen molar-refractivity contribution in [2.75, 3.05) is 0 Å². The zero-order valence-electron chi connectivity index (χ0n) is 22.2. The van der Waals surface area contributed by atoms with Crippen molar-refractivity contribution in [2.45, 2.75) is 11.5 Å². The van der Waals surface area contributed by atoms with Crippen LogP contribution in [0.2, 0.25) is 0 Å². The molecule has 0 unspecified atom stereocenters. The Hall–Kier alpha value is -2.19. The summed E-state index contributed by atoms with van der Waals surface area (Å²) in [6.07, 6.45) is 4.80. The fraction of sp³-hybridized carbons (Fsp3) is 0.0556. The molecule has 0 radical (unpaired) electrons. The molecule has 0 aliphatic carbocycles. The van der Waals surface area contributed by atoms with Crippen LogP contribution in [0.4, 0.5) is 0 Å². The topological polar surface area (TPSA) is 0 Å². The Morgan fingerprint density at radius 3 is 1.23 bits per heavy atom. The summed E-state index contributed by atoms with van der Waals surface area (Å²) in [6.45, 7) is 0. The van der Waals surface area contributed by atoms with Crippen LogP contribution in [0.1, 0.15) is 11.1 Å². The van der Waals surface area contributed by atoms with E-state index in [2.05, 4.69) is 186 Å². The summed E-state index contributed by atoms with van der Waals surface area (Å²) in [5.41, 5.74) is 2.70. The van der Waals surface area contributed by atoms with Gasteiger partial charge in [0.05, 0.1) is 0 Å². The van der Waals surface area contributed by atoms with Gasteiger partial charge >= 0.3 is 268 Å². The normalized spacial score (nSPS) is 12.3. The van der Waals surface area contributed by atoms with Gasteiger partial charge in [0.15, 0.2) is 0 Å². The van der Waals surface area contributed by atoms with Gasteiger partial charge in [-0.1, -0.05) is 0 Å². The molecule has 0 nitrogen and oxygen atoms in total. The molecular weight excluding hydrogens is 742 g/mol. The Morgan fingerprint density at radius 2 is 0.825 bits per heavy atom. The molecule has 0 spiro atoms. The van der Waals surface area contributed by atoms with Crippen LogP contribution in [0.15, 0.2) is 170 Å². The van der Waals surface area contributed by atoms with Crippen molar-refractivity contribution in [3.63, 3.8) is 0 Å². The Labute approximate surface area is 265 Å². The first-order valence-corrected chi connectivity index (χ1v) is 22.1. The zero-order valence-corrected chi connectivity index (χ0v) is 28.8. The van der Waals surface area contributed by atoms with E-state index in [9.17, 15) is 0 Å². The van der Waals surface area contributed by atoms with Crippen LogP contribution in [-0.2, 0) is 11.5 Å². The van der Waals surface area contributed by atoms with Gasteiger partial charge in [-0.15, -0.1) is 0 Å². The average molecular weight is 773 g/mol. The third-order valence-corrected chi connectivity index (χ3v) is 26.1. The number of thioether (sulfide) groups is 2. The van der Waals surface area contributed by atoms with Crippen LogP contribution in [0.5, 0.6) is 0 Å². The molecule has 198 valence electrons. The Bertz CT molecular complexity index is 1420. The van der Waals surface area contributed by atoms with Gasteiger partial charge in [0.25, 0.3) is 0 Å². The number of hydrogen-bond acceptors (Lipinski definition) is 2. The molecule has 5 rings (SSSR count). The minimum atomic E-state index is -3.69. The number of hydrogen-bond donors (Lipinski definition) is 0. The molecule has 4 heteroatoms. The summed E-state index contributed by atoms with van der Waals surface area (Å²) in [5, 5.41) is 0. The maximum atomic E-state index is 2.51. The first-order valence-electron chi connectivity index (χ1n) is 13.3. The van der Waals surface area contributed by atoms with Crippen molar-refractivity contribution in [3.8, 4) is 0 Å². The van der Waals surface area contributed by atoms with E-state index in [-0.39, 0.29) is 0 Å². The molecule has 5 aromatic rings. The Morgan fingerprint density at radius 1 is 0.475 bits per heavy atom. The van der Waals surface area contributed by atoms with Gasteiger partial charge in [-0.25, -0.2) is 0 Å². The van der Waals surface area contributed by atoms with E-state index >= 15 is 0 Å². The number of allylic oxidation sites excluding steroid dienone is 2. The molecule has 40 heavy (non-hydrogen) atoms. The minimum absolute atomic E-state index is 0.944. The summed E-state index contributed by atoms with van der Waals surface area (Å²) in [6, 6.07) is 55.5. The molecule has 5 aromatic carbocycles. The molecule has 0 saturated heterocycles. The molecule has 0 aliphatic heterocycles. The first-order chi connectivity index (χ1) is 19.8. The Kier molecular flexibility index (Phi) is 11.1. The fourth-order valence-corrected chi connectivity index (χ4v) is 24.1. The van der Waals surface area contributed by atoms with E-state index in [0.29, 0.717) is 0 Å². The third kappa shape index (κ3) is 7.35. The second-order valence-corrected chi connectivity index (χ2v) is 25.1. The van der Waals surface area contributed by atoms with E-state index in [1.54, 1.807) is 0 Å². The van der Waals surface area contributed by atoms with Crippen molar-refractivity contribution in [1.29, 1.82) is 0 Å². The van der Waals surface area contributed by atoms with Gasteiger partial charge in [0.1, 0.15) is 0 Å².